The second-order valence-corrected chi connectivity index (χ2v) is 5.81. The highest BCUT2D eigenvalue weighted by molar-refractivity contribution is 5.75. The fourth-order valence-corrected chi connectivity index (χ4v) is 3.45. The number of carboxylic acid groups (broad SMARTS) is 1. The molecule has 1 atom stereocenters. The molecule has 3 aliphatic heterocycles. The van der Waals surface area contributed by atoms with Gasteiger partial charge in [-0.25, -0.2) is 0 Å². The van der Waals surface area contributed by atoms with Crippen LogP contribution in [0.25, 0.3) is 0 Å². The van der Waals surface area contributed by atoms with Crippen LogP contribution in [-0.4, -0.2) is 35.6 Å². The van der Waals surface area contributed by atoms with Crippen molar-refractivity contribution < 1.29 is 9.90 Å². The molecule has 3 saturated heterocycles. The van der Waals surface area contributed by atoms with E-state index in [1.165, 1.54) is 44.5 Å². The number of aliphatic carboxylic acids is 1. The molecule has 3 fully saturated rings. The van der Waals surface area contributed by atoms with Gasteiger partial charge in [0.25, 0.3) is 0 Å². The molecule has 0 saturated carbocycles. The van der Waals surface area contributed by atoms with E-state index in [0.717, 1.165) is 0 Å². The van der Waals surface area contributed by atoms with Crippen molar-refractivity contribution in [1.29, 1.82) is 0 Å². The average molecular weight is 260 g/mol. The summed E-state index contributed by atoms with van der Waals surface area (Å²) < 4.78 is 0. The number of hydrogen-bond donors (Lipinski definition) is 2. The summed E-state index contributed by atoms with van der Waals surface area (Å²) in [5.74, 6) is -0.975. The minimum atomic E-state index is -0.975. The summed E-state index contributed by atoms with van der Waals surface area (Å²) in [7, 11) is 0. The minimum Gasteiger partial charge on any atom is -0.480 e. The molecule has 102 valence electrons. The summed E-state index contributed by atoms with van der Waals surface area (Å²) in [6, 6.07) is 7.01. The van der Waals surface area contributed by atoms with Crippen LogP contribution in [0.15, 0.2) is 24.3 Å². The van der Waals surface area contributed by atoms with Gasteiger partial charge in [-0.2, -0.15) is 0 Å². The van der Waals surface area contributed by atoms with Gasteiger partial charge in [0.2, 0.25) is 0 Å². The molecule has 3 heterocycles. The Morgan fingerprint density at radius 3 is 2.16 bits per heavy atom. The Morgan fingerprint density at radius 1 is 1.16 bits per heavy atom. The maximum absolute atomic E-state index is 10.9. The van der Waals surface area contributed by atoms with Crippen molar-refractivity contribution in [3.8, 4) is 0 Å². The number of carboxylic acids is 1. The summed E-state index contributed by atoms with van der Waals surface area (Å²) in [5.41, 5.74) is 7.99. The molecule has 1 unspecified atom stereocenters. The summed E-state index contributed by atoms with van der Waals surface area (Å²) >= 11 is 0. The number of carbonyl (C=O) groups is 1. The molecule has 0 radical (unpaired) electrons. The molecule has 1 aromatic carbocycles. The molecule has 2 bridgehead atoms. The van der Waals surface area contributed by atoms with Gasteiger partial charge in [0.15, 0.2) is 0 Å². The molecular formula is C15H20N2O2. The van der Waals surface area contributed by atoms with Crippen molar-refractivity contribution in [3.63, 3.8) is 0 Å². The van der Waals surface area contributed by atoms with Crippen molar-refractivity contribution in [2.24, 2.45) is 5.73 Å². The van der Waals surface area contributed by atoms with Crippen LogP contribution in [-0.2, 0) is 10.2 Å². The molecule has 4 heteroatoms. The molecule has 3 aliphatic rings. The lowest BCUT2D eigenvalue weighted by Crippen LogP contribution is -2.50. The van der Waals surface area contributed by atoms with Gasteiger partial charge in [-0.1, -0.05) is 24.3 Å². The van der Waals surface area contributed by atoms with Crippen LogP contribution in [0.1, 0.15) is 36.4 Å². The van der Waals surface area contributed by atoms with Gasteiger partial charge in [0, 0.05) is 0 Å². The van der Waals surface area contributed by atoms with E-state index in [1.807, 2.05) is 12.1 Å². The molecule has 0 amide bonds. The lowest BCUT2D eigenvalue weighted by atomic mass is 9.67. The van der Waals surface area contributed by atoms with Gasteiger partial charge in [-0.3, -0.25) is 4.79 Å². The molecule has 3 N–H and O–H groups in total. The first-order valence-corrected chi connectivity index (χ1v) is 6.92. The van der Waals surface area contributed by atoms with Crippen LogP contribution in [0.3, 0.4) is 0 Å². The van der Waals surface area contributed by atoms with Crippen LogP contribution in [0.4, 0.5) is 0 Å². The normalized spacial score (nSPS) is 31.1. The fraction of sp³-hybridized carbons (Fsp3) is 0.533. The summed E-state index contributed by atoms with van der Waals surface area (Å²) in [6.07, 6.45) is 3.66. The lowest BCUT2D eigenvalue weighted by Gasteiger charge is -2.49. The van der Waals surface area contributed by atoms with Crippen LogP contribution in [0.2, 0.25) is 0 Å². The zero-order chi connectivity index (χ0) is 13.5. The monoisotopic (exact) mass is 260 g/mol. The molecule has 0 aromatic heterocycles. The lowest BCUT2D eigenvalue weighted by molar-refractivity contribution is -0.138. The van der Waals surface area contributed by atoms with E-state index in [-0.39, 0.29) is 0 Å². The van der Waals surface area contributed by atoms with Gasteiger partial charge < -0.3 is 15.7 Å². The molecule has 4 nitrogen and oxygen atoms in total. The Balaban J connectivity index is 1.84. The minimum absolute atomic E-state index is 0.320. The fourth-order valence-electron chi connectivity index (χ4n) is 3.45. The van der Waals surface area contributed by atoms with Crippen LogP contribution in [0, 0.1) is 0 Å². The third kappa shape index (κ3) is 2.15. The first-order valence-electron chi connectivity index (χ1n) is 6.92. The molecule has 4 rings (SSSR count). The molecule has 1 aromatic rings. The number of piperidine rings is 3. The van der Waals surface area contributed by atoms with Crippen molar-refractivity contribution in [2.45, 2.75) is 30.7 Å². The summed E-state index contributed by atoms with van der Waals surface area (Å²) in [4.78, 5) is 13.4. The van der Waals surface area contributed by atoms with Crippen LogP contribution < -0.4 is 5.73 Å². The third-order valence-electron chi connectivity index (χ3n) is 4.87. The van der Waals surface area contributed by atoms with E-state index in [4.69, 9.17) is 10.8 Å². The highest BCUT2D eigenvalue weighted by Crippen LogP contribution is 2.42. The number of benzene rings is 1. The predicted molar refractivity (Wildman–Crippen MR) is 73.0 cm³/mol. The second-order valence-electron chi connectivity index (χ2n) is 5.81. The SMILES string of the molecule is NC(C(=O)O)c1ccc(C23CCN(CC2)CC3)cc1. The van der Waals surface area contributed by atoms with Gasteiger partial charge in [-0.15, -0.1) is 0 Å². The highest BCUT2D eigenvalue weighted by atomic mass is 16.4. The van der Waals surface area contributed by atoms with Gasteiger partial charge in [0.1, 0.15) is 6.04 Å². The number of nitrogens with zero attached hydrogens (tertiary/aromatic N) is 1. The van der Waals surface area contributed by atoms with Crippen LogP contribution >= 0.6 is 0 Å². The quantitative estimate of drug-likeness (QED) is 0.864. The molecule has 0 aliphatic carbocycles. The van der Waals surface area contributed by atoms with Gasteiger partial charge in [-0.05, 0) is 55.4 Å². The first-order chi connectivity index (χ1) is 9.11. The van der Waals surface area contributed by atoms with E-state index in [9.17, 15) is 4.79 Å². The average Bonchev–Trinajstić information content (AvgIpc) is 2.48. The van der Waals surface area contributed by atoms with Crippen molar-refractivity contribution in [1.82, 2.24) is 4.90 Å². The Bertz CT molecular complexity index is 462. The Kier molecular flexibility index (Phi) is 3.07. The van der Waals surface area contributed by atoms with E-state index in [0.29, 0.717) is 11.0 Å². The maximum Gasteiger partial charge on any atom is 0.325 e. The Morgan fingerprint density at radius 2 is 1.68 bits per heavy atom. The topological polar surface area (TPSA) is 66.6 Å². The van der Waals surface area contributed by atoms with Crippen molar-refractivity contribution in [3.05, 3.63) is 35.4 Å². The Hall–Kier alpha value is -1.39. The number of rotatable bonds is 3. The second kappa shape index (κ2) is 4.62. The van der Waals surface area contributed by atoms with E-state index >= 15 is 0 Å². The zero-order valence-corrected chi connectivity index (χ0v) is 11.0. The summed E-state index contributed by atoms with van der Waals surface area (Å²) in [6.45, 7) is 3.57. The smallest absolute Gasteiger partial charge is 0.325 e. The predicted octanol–water partition coefficient (Wildman–Crippen LogP) is 1.51. The molecular weight excluding hydrogens is 240 g/mol. The van der Waals surface area contributed by atoms with Gasteiger partial charge in [0.05, 0.1) is 0 Å². The third-order valence-corrected chi connectivity index (χ3v) is 4.87. The van der Waals surface area contributed by atoms with Crippen molar-refractivity contribution in [2.75, 3.05) is 19.6 Å². The standard InChI is InChI=1S/C15H20N2O2/c16-13(14(18)19)11-1-3-12(4-2-11)15-5-8-17(9-6-15)10-7-15/h1-4,13H,5-10,16H2,(H,18,19). The largest absolute Gasteiger partial charge is 0.480 e. The number of nitrogens with two attached hydrogens (primary N) is 1. The number of hydrogen-bond acceptors (Lipinski definition) is 3. The zero-order valence-electron chi connectivity index (χ0n) is 11.0. The maximum atomic E-state index is 10.9. The van der Waals surface area contributed by atoms with Gasteiger partial charge >= 0.3 is 5.97 Å². The Labute approximate surface area is 113 Å². The van der Waals surface area contributed by atoms with Crippen LogP contribution in [0.5, 0.6) is 0 Å². The molecule has 0 spiro atoms. The van der Waals surface area contributed by atoms with E-state index < -0.39 is 12.0 Å². The number of fused-ring (bicyclic) bond motifs is 3. The first kappa shape index (κ1) is 12.6. The van der Waals surface area contributed by atoms with E-state index in [2.05, 4.69) is 17.0 Å². The van der Waals surface area contributed by atoms with E-state index in [1.54, 1.807) is 0 Å². The summed E-state index contributed by atoms with van der Waals surface area (Å²) in [5, 5.41) is 8.93. The van der Waals surface area contributed by atoms with Crippen molar-refractivity contribution >= 4 is 5.97 Å². The molecule has 19 heavy (non-hydrogen) atoms. The highest BCUT2D eigenvalue weighted by Gasteiger charge is 2.40.